The average molecular weight is 358 g/mol. The molecule has 1 N–H and O–H groups in total. The molecule has 0 heterocycles. The highest BCUT2D eigenvalue weighted by Gasteiger charge is 2.08. The Morgan fingerprint density at radius 2 is 1.88 bits per heavy atom. The van der Waals surface area contributed by atoms with Crippen molar-refractivity contribution in [3.05, 3.63) is 65.2 Å². The Morgan fingerprint density at radius 3 is 2.64 bits per heavy atom. The average Bonchev–Trinajstić information content (AvgIpc) is 2.61. The second kappa shape index (κ2) is 10.1. The topological polar surface area (TPSA) is 38.3 Å². The van der Waals surface area contributed by atoms with Gasteiger partial charge in [0, 0.05) is 17.9 Å². The number of rotatable bonds is 9. The highest BCUT2D eigenvalue weighted by Crippen LogP contribution is 2.19. The molecule has 1 atom stereocenters. The molecule has 25 heavy (non-hydrogen) atoms. The minimum atomic E-state index is 0.0475. The Bertz CT molecular complexity index is 673. The lowest BCUT2D eigenvalue weighted by Gasteiger charge is -2.14. The van der Waals surface area contributed by atoms with Crippen LogP contribution in [0.25, 0.3) is 0 Å². The number of hydrogen-bond donors (Lipinski definition) is 1. The number of hydrogen-bond acceptors (Lipinski definition) is 3. The van der Waals surface area contributed by atoms with E-state index in [1.165, 1.54) is 5.56 Å². The smallest absolute Gasteiger partial charge is 0.221 e. The van der Waals surface area contributed by atoms with Crippen molar-refractivity contribution in [3.8, 4) is 5.75 Å². The molecular formula is C21H27NO2S. The van der Waals surface area contributed by atoms with Crippen molar-refractivity contribution in [2.45, 2.75) is 33.2 Å². The lowest BCUT2D eigenvalue weighted by molar-refractivity contribution is -0.121. The molecule has 1 amide bonds. The van der Waals surface area contributed by atoms with Gasteiger partial charge in [0.05, 0.1) is 12.6 Å². The molecule has 134 valence electrons. The number of nitrogens with one attached hydrogen (secondary N) is 1. The molecule has 0 saturated carbocycles. The minimum Gasteiger partial charge on any atom is -0.492 e. The summed E-state index contributed by atoms with van der Waals surface area (Å²) in [6.45, 7) is 6.80. The number of carbonyl (C=O) groups excluding carboxylic acids is 1. The van der Waals surface area contributed by atoms with Gasteiger partial charge in [-0.2, -0.15) is 11.8 Å². The zero-order valence-electron chi connectivity index (χ0n) is 15.2. The van der Waals surface area contributed by atoms with E-state index in [0.29, 0.717) is 13.0 Å². The predicted molar refractivity (Wildman–Crippen MR) is 106 cm³/mol. The molecule has 0 fully saturated rings. The first-order chi connectivity index (χ1) is 12.1. The van der Waals surface area contributed by atoms with Crippen LogP contribution in [0.5, 0.6) is 5.75 Å². The van der Waals surface area contributed by atoms with Crippen LogP contribution in [0.15, 0.2) is 48.5 Å². The second-order valence-electron chi connectivity index (χ2n) is 6.18. The molecule has 0 radical (unpaired) electrons. The van der Waals surface area contributed by atoms with Gasteiger partial charge >= 0.3 is 0 Å². The molecule has 0 bridgehead atoms. The Kier molecular flexibility index (Phi) is 7.86. The highest BCUT2D eigenvalue weighted by molar-refractivity contribution is 7.99. The normalized spacial score (nSPS) is 11.8. The number of ether oxygens (including phenoxy) is 1. The van der Waals surface area contributed by atoms with E-state index in [4.69, 9.17) is 4.74 Å². The highest BCUT2D eigenvalue weighted by atomic mass is 32.2. The third-order valence-corrected chi connectivity index (χ3v) is 4.93. The zero-order chi connectivity index (χ0) is 18.1. The molecule has 0 aromatic heterocycles. The van der Waals surface area contributed by atoms with Crippen molar-refractivity contribution >= 4 is 17.7 Å². The van der Waals surface area contributed by atoms with Crippen LogP contribution in [-0.2, 0) is 4.79 Å². The van der Waals surface area contributed by atoms with E-state index in [2.05, 4.69) is 37.4 Å². The van der Waals surface area contributed by atoms with Crippen molar-refractivity contribution in [2.24, 2.45) is 0 Å². The number of carbonyl (C=O) groups is 1. The van der Waals surface area contributed by atoms with Gasteiger partial charge in [0.25, 0.3) is 0 Å². The maximum Gasteiger partial charge on any atom is 0.221 e. The molecule has 2 aromatic carbocycles. The minimum absolute atomic E-state index is 0.0475. The molecule has 0 unspecified atom stereocenters. The Balaban J connectivity index is 1.59. The molecule has 4 heteroatoms. The van der Waals surface area contributed by atoms with E-state index >= 15 is 0 Å². The van der Waals surface area contributed by atoms with E-state index in [1.54, 1.807) is 11.8 Å². The quantitative estimate of drug-likeness (QED) is 0.662. The largest absolute Gasteiger partial charge is 0.492 e. The monoisotopic (exact) mass is 357 g/mol. The molecule has 0 aliphatic heterocycles. The first-order valence-electron chi connectivity index (χ1n) is 8.68. The summed E-state index contributed by atoms with van der Waals surface area (Å²) in [6.07, 6.45) is 0.533. The van der Waals surface area contributed by atoms with Gasteiger partial charge in [-0.15, -0.1) is 0 Å². The molecule has 0 aliphatic rings. The van der Waals surface area contributed by atoms with Crippen LogP contribution < -0.4 is 10.1 Å². The van der Waals surface area contributed by atoms with Crippen LogP contribution in [0.3, 0.4) is 0 Å². The van der Waals surface area contributed by atoms with Gasteiger partial charge in [-0.3, -0.25) is 4.79 Å². The Morgan fingerprint density at radius 1 is 1.12 bits per heavy atom. The number of aryl methyl sites for hydroxylation is 2. The van der Waals surface area contributed by atoms with Gasteiger partial charge in [0.1, 0.15) is 5.75 Å². The third-order valence-electron chi connectivity index (χ3n) is 3.98. The van der Waals surface area contributed by atoms with Gasteiger partial charge in [-0.25, -0.2) is 0 Å². The van der Waals surface area contributed by atoms with Crippen molar-refractivity contribution in [2.75, 3.05) is 18.1 Å². The van der Waals surface area contributed by atoms with E-state index < -0.39 is 0 Å². The van der Waals surface area contributed by atoms with Gasteiger partial charge in [0.2, 0.25) is 5.91 Å². The summed E-state index contributed by atoms with van der Waals surface area (Å²) < 4.78 is 5.83. The number of amides is 1. The van der Waals surface area contributed by atoms with Crippen LogP contribution >= 0.6 is 11.8 Å². The standard InChI is InChI=1S/C21H27NO2S/c1-16-9-10-17(2)20(15-16)24-12-14-25-13-11-21(23)22-18(3)19-7-5-4-6-8-19/h4-10,15,18H,11-14H2,1-3H3,(H,22,23)/t18-/m1/s1. The van der Waals surface area contributed by atoms with Crippen molar-refractivity contribution in [1.29, 1.82) is 0 Å². The fraction of sp³-hybridized carbons (Fsp3) is 0.381. The van der Waals surface area contributed by atoms with Crippen molar-refractivity contribution in [3.63, 3.8) is 0 Å². The molecule has 2 rings (SSSR count). The third kappa shape index (κ3) is 6.83. The fourth-order valence-corrected chi connectivity index (χ4v) is 3.21. The Hall–Kier alpha value is -1.94. The molecule has 0 saturated heterocycles. The van der Waals surface area contributed by atoms with Crippen LogP contribution in [0.4, 0.5) is 0 Å². The zero-order valence-corrected chi connectivity index (χ0v) is 16.1. The predicted octanol–water partition coefficient (Wildman–Crippen LogP) is 4.68. The van der Waals surface area contributed by atoms with Crippen LogP contribution in [-0.4, -0.2) is 24.0 Å². The summed E-state index contributed by atoms with van der Waals surface area (Å²) in [5, 5.41) is 3.04. The summed E-state index contributed by atoms with van der Waals surface area (Å²) in [5.41, 5.74) is 3.49. The molecule has 0 spiro atoms. The molecule has 2 aromatic rings. The van der Waals surface area contributed by atoms with E-state index in [1.807, 2.05) is 37.3 Å². The van der Waals surface area contributed by atoms with Crippen LogP contribution in [0.2, 0.25) is 0 Å². The first-order valence-corrected chi connectivity index (χ1v) is 9.84. The maximum absolute atomic E-state index is 12.0. The number of thioether (sulfide) groups is 1. The lowest BCUT2D eigenvalue weighted by Crippen LogP contribution is -2.26. The van der Waals surface area contributed by atoms with Gasteiger partial charge in [0.15, 0.2) is 0 Å². The van der Waals surface area contributed by atoms with Crippen LogP contribution in [0, 0.1) is 13.8 Å². The summed E-state index contributed by atoms with van der Waals surface area (Å²) >= 11 is 1.75. The Labute approximate surface area is 155 Å². The summed E-state index contributed by atoms with van der Waals surface area (Å²) in [7, 11) is 0. The van der Waals surface area contributed by atoms with Crippen molar-refractivity contribution < 1.29 is 9.53 Å². The maximum atomic E-state index is 12.0. The lowest BCUT2D eigenvalue weighted by atomic mass is 10.1. The fourth-order valence-electron chi connectivity index (χ4n) is 2.48. The molecule has 0 aliphatic carbocycles. The van der Waals surface area contributed by atoms with Crippen LogP contribution in [0.1, 0.15) is 36.1 Å². The van der Waals surface area contributed by atoms with E-state index in [9.17, 15) is 4.79 Å². The van der Waals surface area contributed by atoms with Gasteiger partial charge in [-0.05, 0) is 43.5 Å². The summed E-state index contributed by atoms with van der Waals surface area (Å²) in [6, 6.07) is 16.3. The second-order valence-corrected chi connectivity index (χ2v) is 7.40. The number of benzene rings is 2. The summed E-state index contributed by atoms with van der Waals surface area (Å²) in [5.74, 6) is 2.74. The van der Waals surface area contributed by atoms with Gasteiger partial charge in [-0.1, -0.05) is 42.5 Å². The summed E-state index contributed by atoms with van der Waals surface area (Å²) in [4.78, 5) is 12.0. The van der Waals surface area contributed by atoms with E-state index in [-0.39, 0.29) is 11.9 Å². The molecular weight excluding hydrogens is 330 g/mol. The molecule has 3 nitrogen and oxygen atoms in total. The van der Waals surface area contributed by atoms with E-state index in [0.717, 1.165) is 28.4 Å². The van der Waals surface area contributed by atoms with Crippen molar-refractivity contribution in [1.82, 2.24) is 5.32 Å². The van der Waals surface area contributed by atoms with Gasteiger partial charge < -0.3 is 10.1 Å². The SMILES string of the molecule is Cc1ccc(C)c(OCCSCCC(=O)N[C@H](C)c2ccccc2)c1. The first kappa shape index (κ1) is 19.4.